The topological polar surface area (TPSA) is 108 Å². The molecule has 1 aliphatic carbocycles. The Kier molecular flexibility index (Phi) is 4.43. The molecule has 0 spiro atoms. The van der Waals surface area contributed by atoms with Crippen molar-refractivity contribution in [2.24, 2.45) is 0 Å². The molecule has 1 aromatic heterocycles. The summed E-state index contributed by atoms with van der Waals surface area (Å²) in [6.45, 7) is 1.55. The number of hydrogen-bond acceptors (Lipinski definition) is 5. The molecule has 8 nitrogen and oxygen atoms in total. The Bertz CT molecular complexity index is 1040. The van der Waals surface area contributed by atoms with Crippen LogP contribution in [0.4, 0.5) is 14.9 Å². The number of amides is 1. The zero-order valence-electron chi connectivity index (χ0n) is 15.1. The van der Waals surface area contributed by atoms with E-state index in [1.807, 2.05) is 0 Å². The van der Waals surface area contributed by atoms with Crippen LogP contribution in [0.15, 0.2) is 17.1 Å². The maximum atomic E-state index is 15.4. The number of benzene rings is 1. The Hall–Kier alpha value is -2.78. The summed E-state index contributed by atoms with van der Waals surface area (Å²) in [4.78, 5) is 39.5. The van der Waals surface area contributed by atoms with Gasteiger partial charge in [0.1, 0.15) is 25.8 Å². The first-order valence-electron chi connectivity index (χ1n) is 9.06. The summed E-state index contributed by atoms with van der Waals surface area (Å²) in [5.74, 6) is -2.11. The summed E-state index contributed by atoms with van der Waals surface area (Å²) in [7, 11) is 3.23. The number of rotatable bonds is 3. The minimum Gasteiger partial charge on any atom is -0.477 e. The van der Waals surface area contributed by atoms with Gasteiger partial charge in [0.05, 0.1) is 10.9 Å². The standard InChI is InChI=1S/C19H19FN3O5/c1-28-19(27)23(6-4-21-5-7-23)16-13(20)8-11-15(14(16)10-2-3-10)22-9-12(17(11)24)18(25)26/h8-10,21H,1-7H2,(H-,22,24,25,26)/p+1. The third-order valence-electron chi connectivity index (χ3n) is 5.60. The molecule has 1 radical (unpaired) electrons. The Labute approximate surface area is 159 Å². The van der Waals surface area contributed by atoms with Crippen LogP contribution in [0.1, 0.15) is 34.7 Å². The van der Waals surface area contributed by atoms with Crippen molar-refractivity contribution in [3.8, 4) is 0 Å². The second kappa shape index (κ2) is 6.68. The van der Waals surface area contributed by atoms with Crippen LogP contribution in [-0.4, -0.2) is 48.3 Å². The van der Waals surface area contributed by atoms with Gasteiger partial charge in [-0.3, -0.25) is 4.79 Å². The molecule has 0 bridgehead atoms. The van der Waals surface area contributed by atoms with Crippen LogP contribution >= 0.6 is 0 Å². The van der Waals surface area contributed by atoms with Gasteiger partial charge in [-0.25, -0.2) is 9.18 Å². The fourth-order valence-electron chi connectivity index (χ4n) is 4.11. The number of carbonyl (C=O) groups is 2. The fraction of sp³-hybridized carbons (Fsp3) is 0.368. The number of aromatic nitrogens is 1. The van der Waals surface area contributed by atoms with Crippen molar-refractivity contribution in [3.63, 3.8) is 0 Å². The maximum absolute atomic E-state index is 15.4. The normalized spacial score (nSPS) is 18.8. The third-order valence-corrected chi connectivity index (χ3v) is 5.60. The summed E-state index contributed by atoms with van der Waals surface area (Å²) >= 11 is 0. The molecule has 9 heteroatoms. The number of quaternary nitrogens is 1. The van der Waals surface area contributed by atoms with Gasteiger partial charge >= 0.3 is 12.1 Å². The molecule has 3 N–H and O–H groups in total. The Morgan fingerprint density at radius 1 is 1.29 bits per heavy atom. The van der Waals surface area contributed by atoms with Crippen molar-refractivity contribution in [1.82, 2.24) is 14.8 Å². The van der Waals surface area contributed by atoms with Gasteiger partial charge in [0.2, 0.25) is 5.43 Å². The van der Waals surface area contributed by atoms with Gasteiger partial charge in [-0.1, -0.05) is 0 Å². The van der Waals surface area contributed by atoms with Gasteiger partial charge in [-0.15, -0.1) is 0 Å². The van der Waals surface area contributed by atoms with Crippen LogP contribution in [0.2, 0.25) is 0 Å². The summed E-state index contributed by atoms with van der Waals surface area (Å²) in [5, 5.41) is 12.3. The lowest BCUT2D eigenvalue weighted by Crippen LogP contribution is -2.63. The number of piperazine rings is 1. The Balaban J connectivity index is 2.06. The molecule has 2 aliphatic rings. The van der Waals surface area contributed by atoms with Gasteiger partial charge < -0.3 is 20.1 Å². The number of nitrogens with one attached hydrogen (secondary N) is 2. The quantitative estimate of drug-likeness (QED) is 0.694. The maximum Gasteiger partial charge on any atom is 0.521 e. The first-order chi connectivity index (χ1) is 13.4. The molecular weight excluding hydrogens is 369 g/mol. The molecule has 2 aromatic rings. The smallest absolute Gasteiger partial charge is 0.477 e. The SMILES string of the molecule is [CH2]OC(=O)[N+]1(c2c(F)cc3c(=O)c(C(=O)O)c[nH]c3c2C2CC2)CCNCC1. The molecule has 1 saturated carbocycles. The van der Waals surface area contributed by atoms with E-state index in [2.05, 4.69) is 17.4 Å². The molecule has 1 aliphatic heterocycles. The summed E-state index contributed by atoms with van der Waals surface area (Å²) in [6.07, 6.45) is 2.06. The number of nitrogens with zero attached hydrogens (tertiary/aromatic N) is 1. The van der Waals surface area contributed by atoms with E-state index in [-0.39, 0.29) is 34.6 Å². The van der Waals surface area contributed by atoms with Crippen molar-refractivity contribution < 1.29 is 23.8 Å². The van der Waals surface area contributed by atoms with Crippen molar-refractivity contribution in [2.45, 2.75) is 18.8 Å². The van der Waals surface area contributed by atoms with Gasteiger partial charge in [-0.05, 0) is 24.8 Å². The number of H-pyrrole nitrogens is 1. The highest BCUT2D eigenvalue weighted by atomic mass is 19.1. The van der Waals surface area contributed by atoms with E-state index in [0.717, 1.165) is 25.1 Å². The Morgan fingerprint density at radius 2 is 1.96 bits per heavy atom. The number of ether oxygens (including phenoxy) is 1. The van der Waals surface area contributed by atoms with Gasteiger partial charge in [0.15, 0.2) is 11.5 Å². The van der Waals surface area contributed by atoms with Gasteiger partial charge in [-0.2, -0.15) is 9.28 Å². The number of aromatic amines is 1. The van der Waals surface area contributed by atoms with Crippen LogP contribution < -0.4 is 15.2 Å². The molecule has 1 aromatic carbocycles. The highest BCUT2D eigenvalue weighted by Crippen LogP contribution is 2.49. The van der Waals surface area contributed by atoms with E-state index in [9.17, 15) is 19.5 Å². The third kappa shape index (κ3) is 2.70. The molecule has 0 unspecified atom stereocenters. The zero-order valence-corrected chi connectivity index (χ0v) is 15.1. The lowest BCUT2D eigenvalue weighted by Gasteiger charge is -2.38. The summed E-state index contributed by atoms with van der Waals surface area (Å²) < 4.78 is 19.9. The average Bonchev–Trinajstić information content (AvgIpc) is 3.52. The van der Waals surface area contributed by atoms with Crippen molar-refractivity contribution in [1.29, 1.82) is 0 Å². The highest BCUT2D eigenvalue weighted by molar-refractivity contribution is 5.97. The number of carbonyl (C=O) groups excluding carboxylic acids is 1. The second-order valence-corrected chi connectivity index (χ2v) is 7.23. The first-order valence-corrected chi connectivity index (χ1v) is 9.06. The fourth-order valence-corrected chi connectivity index (χ4v) is 4.11. The molecule has 1 saturated heterocycles. The molecule has 4 rings (SSSR count). The number of carboxylic acids is 1. The van der Waals surface area contributed by atoms with Crippen LogP contribution in [0, 0.1) is 12.9 Å². The minimum absolute atomic E-state index is 0.0120. The van der Waals surface area contributed by atoms with E-state index in [4.69, 9.17) is 4.74 Å². The largest absolute Gasteiger partial charge is 0.521 e. The number of aromatic carboxylic acids is 1. The van der Waals surface area contributed by atoms with Crippen LogP contribution in [-0.2, 0) is 4.74 Å². The van der Waals surface area contributed by atoms with E-state index < -0.39 is 28.9 Å². The highest BCUT2D eigenvalue weighted by Gasteiger charge is 2.49. The van der Waals surface area contributed by atoms with Crippen LogP contribution in [0.25, 0.3) is 10.9 Å². The lowest BCUT2D eigenvalue weighted by molar-refractivity contribution is 0.0695. The predicted molar refractivity (Wildman–Crippen MR) is 99.7 cm³/mol. The number of pyridine rings is 1. The first kappa shape index (κ1) is 18.6. The van der Waals surface area contributed by atoms with Crippen molar-refractivity contribution in [3.05, 3.63) is 46.5 Å². The van der Waals surface area contributed by atoms with E-state index in [1.54, 1.807) is 0 Å². The van der Waals surface area contributed by atoms with Crippen LogP contribution in [0.3, 0.4) is 0 Å². The van der Waals surface area contributed by atoms with Crippen LogP contribution in [0.5, 0.6) is 0 Å². The number of hydrogen-bond donors (Lipinski definition) is 3. The monoisotopic (exact) mass is 389 g/mol. The molecule has 2 heterocycles. The number of fused-ring (bicyclic) bond motifs is 1. The van der Waals surface area contributed by atoms with Gasteiger partial charge in [0.25, 0.3) is 0 Å². The van der Waals surface area contributed by atoms with Gasteiger partial charge in [0, 0.05) is 24.8 Å². The second-order valence-electron chi connectivity index (χ2n) is 7.23. The van der Waals surface area contributed by atoms with E-state index >= 15 is 4.39 Å². The summed E-state index contributed by atoms with van der Waals surface area (Å²) in [6, 6.07) is 1.03. The van der Waals surface area contributed by atoms with E-state index in [0.29, 0.717) is 24.2 Å². The number of halogens is 1. The zero-order chi connectivity index (χ0) is 20.1. The predicted octanol–water partition coefficient (Wildman–Crippen LogP) is 2.08. The molecule has 147 valence electrons. The van der Waals surface area contributed by atoms with E-state index in [1.165, 1.54) is 0 Å². The van der Waals surface area contributed by atoms with Crippen molar-refractivity contribution >= 4 is 28.7 Å². The summed E-state index contributed by atoms with van der Waals surface area (Å²) in [5.41, 5.74) is -0.0909. The molecule has 2 fully saturated rings. The number of carboxylic acid groups (broad SMARTS) is 1. The molecule has 28 heavy (non-hydrogen) atoms. The molecular formula is C19H20FN3O5+. The Morgan fingerprint density at radius 3 is 2.54 bits per heavy atom. The van der Waals surface area contributed by atoms with Crippen molar-refractivity contribution in [2.75, 3.05) is 26.2 Å². The minimum atomic E-state index is -1.38. The molecule has 1 amide bonds. The lowest BCUT2D eigenvalue weighted by atomic mass is 9.98. The molecule has 0 atom stereocenters. The average molecular weight is 389 g/mol.